The Morgan fingerprint density at radius 2 is 2.12 bits per heavy atom. The van der Waals surface area contributed by atoms with Gasteiger partial charge in [-0.3, -0.25) is 0 Å². The number of anilines is 1. The maximum Gasteiger partial charge on any atom is 0.299 e. The number of hydrogen-bond donors (Lipinski definition) is 1. The van der Waals surface area contributed by atoms with E-state index < -0.39 is 0 Å². The van der Waals surface area contributed by atoms with Crippen LogP contribution in [0.3, 0.4) is 0 Å². The molecular weight excluding hydrogens is 319 g/mol. The van der Waals surface area contributed by atoms with Crippen molar-refractivity contribution in [2.45, 2.75) is 25.8 Å². The number of hydrogen-bond acceptors (Lipinski definition) is 4. The molecule has 4 aromatic rings. The summed E-state index contributed by atoms with van der Waals surface area (Å²) < 4.78 is 19.6. The molecule has 1 aliphatic rings. The first-order valence-electron chi connectivity index (χ1n) is 8.47. The quantitative estimate of drug-likeness (QED) is 0.586. The van der Waals surface area contributed by atoms with Crippen LogP contribution in [0.2, 0.25) is 0 Å². The minimum absolute atomic E-state index is 0.0591. The number of halogens is 1. The van der Waals surface area contributed by atoms with E-state index in [2.05, 4.69) is 33.9 Å². The van der Waals surface area contributed by atoms with E-state index in [1.54, 1.807) is 12.1 Å². The van der Waals surface area contributed by atoms with Crippen LogP contribution in [0.25, 0.3) is 22.1 Å². The maximum absolute atomic E-state index is 13.9. The van der Waals surface area contributed by atoms with Gasteiger partial charge in [-0.05, 0) is 49.6 Å². The van der Waals surface area contributed by atoms with E-state index >= 15 is 0 Å². The summed E-state index contributed by atoms with van der Waals surface area (Å²) >= 11 is 0. The molecule has 1 saturated heterocycles. The van der Waals surface area contributed by atoms with Gasteiger partial charge in [-0.15, -0.1) is 0 Å². The van der Waals surface area contributed by atoms with Crippen LogP contribution in [0.5, 0.6) is 0 Å². The van der Waals surface area contributed by atoms with Crippen molar-refractivity contribution in [1.82, 2.24) is 15.0 Å². The first-order valence-corrected chi connectivity index (χ1v) is 8.47. The van der Waals surface area contributed by atoms with Crippen molar-refractivity contribution in [1.29, 1.82) is 0 Å². The predicted molar refractivity (Wildman–Crippen MR) is 94.1 cm³/mol. The van der Waals surface area contributed by atoms with Gasteiger partial charge in [-0.2, -0.15) is 4.98 Å². The van der Waals surface area contributed by atoms with Crippen LogP contribution in [0.4, 0.5) is 10.4 Å². The molecule has 0 aliphatic carbocycles. The van der Waals surface area contributed by atoms with Gasteiger partial charge in [0.1, 0.15) is 11.3 Å². The molecule has 0 radical (unpaired) electrons. The Bertz CT molecular complexity index is 1080. The van der Waals surface area contributed by atoms with Crippen molar-refractivity contribution >= 4 is 28.1 Å². The van der Waals surface area contributed by atoms with Gasteiger partial charge in [0, 0.05) is 6.54 Å². The number of nitrogens with zero attached hydrogens (tertiary/aromatic N) is 3. The number of aromatic amines is 1. The zero-order chi connectivity index (χ0) is 17.0. The summed E-state index contributed by atoms with van der Waals surface area (Å²) in [7, 11) is 0. The number of fused-ring (bicyclic) bond motifs is 2. The standard InChI is InChI=1S/C19H17FN4O/c1-11-7-8-13-15(10-11)22-18(21-13)16-6-3-9-24(16)19-23-14-5-2-4-12(20)17(14)25-19/h2,4-5,7-8,10,16H,3,6,9H2,1H3,(H,21,22). The summed E-state index contributed by atoms with van der Waals surface area (Å²) in [6, 6.07) is 11.5. The van der Waals surface area contributed by atoms with Crippen molar-refractivity contribution in [3.8, 4) is 0 Å². The second-order valence-electron chi connectivity index (χ2n) is 6.58. The van der Waals surface area contributed by atoms with Gasteiger partial charge < -0.3 is 14.3 Å². The van der Waals surface area contributed by atoms with E-state index in [1.165, 1.54) is 11.6 Å². The Labute approximate surface area is 143 Å². The van der Waals surface area contributed by atoms with Crippen LogP contribution in [0.15, 0.2) is 40.8 Å². The number of aryl methyl sites for hydroxylation is 1. The highest BCUT2D eigenvalue weighted by Crippen LogP contribution is 2.36. The molecule has 1 atom stereocenters. The summed E-state index contributed by atoms with van der Waals surface area (Å²) in [5.41, 5.74) is 3.94. The van der Waals surface area contributed by atoms with E-state index in [-0.39, 0.29) is 17.4 Å². The van der Waals surface area contributed by atoms with Gasteiger partial charge in [0.25, 0.3) is 6.01 Å². The Balaban J connectivity index is 1.56. The van der Waals surface area contributed by atoms with Crippen LogP contribution in [0.1, 0.15) is 30.3 Å². The molecule has 0 bridgehead atoms. The van der Waals surface area contributed by atoms with Crippen molar-refractivity contribution in [3.63, 3.8) is 0 Å². The minimum Gasteiger partial charge on any atom is -0.420 e. The third kappa shape index (κ3) is 2.28. The van der Waals surface area contributed by atoms with Crippen molar-refractivity contribution in [3.05, 3.63) is 53.6 Å². The third-order valence-corrected chi connectivity index (χ3v) is 4.83. The molecule has 1 N–H and O–H groups in total. The van der Waals surface area contributed by atoms with Gasteiger partial charge in [-0.25, -0.2) is 9.37 Å². The molecule has 5 rings (SSSR count). The highest BCUT2D eigenvalue weighted by molar-refractivity contribution is 5.77. The largest absolute Gasteiger partial charge is 0.420 e. The van der Waals surface area contributed by atoms with Gasteiger partial charge in [0.15, 0.2) is 11.4 Å². The van der Waals surface area contributed by atoms with Crippen LogP contribution in [-0.4, -0.2) is 21.5 Å². The van der Waals surface area contributed by atoms with Gasteiger partial charge in [-0.1, -0.05) is 12.1 Å². The van der Waals surface area contributed by atoms with Crippen LogP contribution >= 0.6 is 0 Å². The first-order chi connectivity index (χ1) is 12.2. The number of oxazole rings is 1. The average Bonchev–Trinajstić information content (AvgIpc) is 3.31. The number of imidazole rings is 1. The van der Waals surface area contributed by atoms with E-state index in [0.29, 0.717) is 11.5 Å². The lowest BCUT2D eigenvalue weighted by Crippen LogP contribution is -2.23. The highest BCUT2D eigenvalue weighted by atomic mass is 19.1. The smallest absolute Gasteiger partial charge is 0.299 e. The second-order valence-corrected chi connectivity index (χ2v) is 6.58. The summed E-state index contributed by atoms with van der Waals surface area (Å²) in [4.78, 5) is 14.7. The molecule has 0 spiro atoms. The maximum atomic E-state index is 13.9. The Morgan fingerprint density at radius 1 is 1.20 bits per heavy atom. The SMILES string of the molecule is Cc1ccc2nc(C3CCCN3c3nc4cccc(F)c4o3)[nH]c2c1. The molecule has 3 heterocycles. The molecule has 1 fully saturated rings. The molecule has 25 heavy (non-hydrogen) atoms. The third-order valence-electron chi connectivity index (χ3n) is 4.83. The van der Waals surface area contributed by atoms with E-state index in [4.69, 9.17) is 9.40 Å². The number of aromatic nitrogens is 3. The molecular formula is C19H17FN4O. The fourth-order valence-corrected chi connectivity index (χ4v) is 3.61. The van der Waals surface area contributed by atoms with E-state index in [0.717, 1.165) is 36.2 Å². The zero-order valence-corrected chi connectivity index (χ0v) is 13.8. The fourth-order valence-electron chi connectivity index (χ4n) is 3.61. The van der Waals surface area contributed by atoms with Crippen LogP contribution < -0.4 is 4.90 Å². The average molecular weight is 336 g/mol. The second kappa shape index (κ2) is 5.31. The van der Waals surface area contributed by atoms with Crippen LogP contribution in [0, 0.1) is 12.7 Å². The number of benzene rings is 2. The zero-order valence-electron chi connectivity index (χ0n) is 13.8. The molecule has 5 nitrogen and oxygen atoms in total. The summed E-state index contributed by atoms with van der Waals surface area (Å²) in [5, 5.41) is 0. The monoisotopic (exact) mass is 336 g/mol. The molecule has 2 aromatic heterocycles. The normalized spacial score (nSPS) is 17.8. The number of rotatable bonds is 2. The Kier molecular flexibility index (Phi) is 3.07. The van der Waals surface area contributed by atoms with Gasteiger partial charge in [0.05, 0.1) is 17.1 Å². The molecule has 6 heteroatoms. The predicted octanol–water partition coefficient (Wildman–Crippen LogP) is 4.49. The molecule has 1 aliphatic heterocycles. The summed E-state index contributed by atoms with van der Waals surface area (Å²) in [6.45, 7) is 2.88. The lowest BCUT2D eigenvalue weighted by Gasteiger charge is -2.20. The molecule has 0 amide bonds. The Hall–Kier alpha value is -2.89. The topological polar surface area (TPSA) is 58.0 Å². The summed E-state index contributed by atoms with van der Waals surface area (Å²) in [5.74, 6) is 0.520. The number of para-hydroxylation sites is 1. The van der Waals surface area contributed by atoms with Gasteiger partial charge >= 0.3 is 0 Å². The van der Waals surface area contributed by atoms with Crippen LogP contribution in [-0.2, 0) is 0 Å². The highest BCUT2D eigenvalue weighted by Gasteiger charge is 2.32. The van der Waals surface area contributed by atoms with Crippen molar-refractivity contribution in [2.24, 2.45) is 0 Å². The minimum atomic E-state index is -0.383. The number of H-pyrrole nitrogens is 1. The van der Waals surface area contributed by atoms with E-state index in [9.17, 15) is 4.39 Å². The van der Waals surface area contributed by atoms with Gasteiger partial charge in [0.2, 0.25) is 0 Å². The molecule has 1 unspecified atom stereocenters. The van der Waals surface area contributed by atoms with Crippen molar-refractivity contribution in [2.75, 3.05) is 11.4 Å². The van der Waals surface area contributed by atoms with Crippen molar-refractivity contribution < 1.29 is 8.81 Å². The lowest BCUT2D eigenvalue weighted by atomic mass is 10.2. The first kappa shape index (κ1) is 14.5. The fraction of sp³-hybridized carbons (Fsp3) is 0.263. The lowest BCUT2D eigenvalue weighted by molar-refractivity contribution is 0.526. The molecule has 2 aromatic carbocycles. The van der Waals surface area contributed by atoms with E-state index in [1.807, 2.05) is 6.07 Å². The molecule has 0 saturated carbocycles. The molecule has 126 valence electrons. The summed E-state index contributed by atoms with van der Waals surface area (Å²) in [6.07, 6.45) is 1.97. The Morgan fingerprint density at radius 3 is 3.00 bits per heavy atom. The number of nitrogens with one attached hydrogen (secondary N) is 1.